The SMILES string of the molecule is CC1(C)CCCN(c2nc(C=O)c(-c3ccccc3COS)s2)C1. The summed E-state index contributed by atoms with van der Waals surface area (Å²) in [5.74, 6) is 0. The molecule has 2 heterocycles. The minimum Gasteiger partial charge on any atom is -0.348 e. The van der Waals surface area contributed by atoms with E-state index in [9.17, 15) is 4.79 Å². The highest BCUT2D eigenvalue weighted by Crippen LogP contribution is 2.39. The zero-order chi connectivity index (χ0) is 17.2. The largest absolute Gasteiger partial charge is 0.348 e. The summed E-state index contributed by atoms with van der Waals surface area (Å²) < 4.78 is 4.99. The molecule has 0 bridgehead atoms. The molecule has 0 atom stereocenters. The Morgan fingerprint density at radius 1 is 1.42 bits per heavy atom. The molecule has 1 aliphatic rings. The Hall–Kier alpha value is -1.37. The predicted molar refractivity (Wildman–Crippen MR) is 102 cm³/mol. The molecule has 1 aromatic heterocycles. The number of hydrogen-bond acceptors (Lipinski definition) is 6. The number of thiol groups is 1. The molecule has 1 aliphatic heterocycles. The molecule has 6 heteroatoms. The molecule has 0 amide bonds. The molecule has 0 radical (unpaired) electrons. The zero-order valence-electron chi connectivity index (χ0n) is 14.0. The van der Waals surface area contributed by atoms with Gasteiger partial charge >= 0.3 is 0 Å². The third-order valence-corrected chi connectivity index (χ3v) is 5.70. The van der Waals surface area contributed by atoms with Crippen LogP contribution in [0.15, 0.2) is 24.3 Å². The Morgan fingerprint density at radius 2 is 2.21 bits per heavy atom. The third-order valence-electron chi connectivity index (χ3n) is 4.41. The van der Waals surface area contributed by atoms with Crippen molar-refractivity contribution in [2.45, 2.75) is 33.3 Å². The average molecular weight is 363 g/mol. The van der Waals surface area contributed by atoms with E-state index >= 15 is 0 Å². The van der Waals surface area contributed by atoms with E-state index in [1.807, 2.05) is 24.3 Å². The molecular weight excluding hydrogens is 340 g/mol. The molecule has 0 N–H and O–H groups in total. The van der Waals surface area contributed by atoms with Crippen LogP contribution in [0.1, 0.15) is 42.7 Å². The lowest BCUT2D eigenvalue weighted by molar-refractivity contribution is 0.112. The number of rotatable bonds is 5. The van der Waals surface area contributed by atoms with Gasteiger partial charge in [-0.2, -0.15) is 0 Å². The second kappa shape index (κ2) is 7.25. The third kappa shape index (κ3) is 3.66. The van der Waals surface area contributed by atoms with Gasteiger partial charge in [0.05, 0.1) is 11.5 Å². The molecule has 0 spiro atoms. The lowest BCUT2D eigenvalue weighted by Crippen LogP contribution is -2.40. The highest BCUT2D eigenvalue weighted by Gasteiger charge is 2.29. The van der Waals surface area contributed by atoms with Gasteiger partial charge in [0.15, 0.2) is 11.4 Å². The van der Waals surface area contributed by atoms with E-state index in [2.05, 4.69) is 36.6 Å². The molecule has 0 aliphatic carbocycles. The molecule has 3 rings (SSSR count). The molecule has 24 heavy (non-hydrogen) atoms. The van der Waals surface area contributed by atoms with Gasteiger partial charge in [-0.05, 0) is 42.3 Å². The van der Waals surface area contributed by atoms with Crippen LogP contribution in [0.4, 0.5) is 5.13 Å². The number of aldehydes is 1. The molecule has 1 aromatic carbocycles. The number of aromatic nitrogens is 1. The van der Waals surface area contributed by atoms with Crippen molar-refractivity contribution < 1.29 is 8.98 Å². The van der Waals surface area contributed by atoms with E-state index in [0.717, 1.165) is 46.9 Å². The van der Waals surface area contributed by atoms with Crippen LogP contribution in [0.5, 0.6) is 0 Å². The van der Waals surface area contributed by atoms with Crippen LogP contribution in [-0.2, 0) is 10.8 Å². The summed E-state index contributed by atoms with van der Waals surface area (Å²) in [6.45, 7) is 6.93. The summed E-state index contributed by atoms with van der Waals surface area (Å²) in [6.07, 6.45) is 3.23. The topological polar surface area (TPSA) is 42.4 Å². The monoisotopic (exact) mass is 362 g/mol. The van der Waals surface area contributed by atoms with Gasteiger partial charge in [0.1, 0.15) is 5.69 Å². The fourth-order valence-corrected chi connectivity index (χ4v) is 4.51. The number of carbonyl (C=O) groups excluding carboxylic acids is 1. The zero-order valence-corrected chi connectivity index (χ0v) is 15.7. The first-order valence-corrected chi connectivity index (χ1v) is 9.28. The van der Waals surface area contributed by atoms with Gasteiger partial charge < -0.3 is 9.08 Å². The van der Waals surface area contributed by atoms with E-state index < -0.39 is 0 Å². The quantitative estimate of drug-likeness (QED) is 0.479. The van der Waals surface area contributed by atoms with Crippen molar-refractivity contribution >= 4 is 35.7 Å². The molecule has 4 nitrogen and oxygen atoms in total. The van der Waals surface area contributed by atoms with E-state index in [-0.39, 0.29) is 5.41 Å². The highest BCUT2D eigenvalue weighted by atomic mass is 32.1. The van der Waals surface area contributed by atoms with Gasteiger partial charge in [-0.15, -0.1) is 0 Å². The first-order valence-electron chi connectivity index (χ1n) is 8.10. The Labute approximate surface area is 152 Å². The molecular formula is C18H22N2O2S2. The summed E-state index contributed by atoms with van der Waals surface area (Å²) in [4.78, 5) is 19.4. The maximum absolute atomic E-state index is 11.6. The normalized spacial score (nSPS) is 17.0. The molecule has 0 unspecified atom stereocenters. The summed E-state index contributed by atoms with van der Waals surface area (Å²) >= 11 is 5.45. The Morgan fingerprint density at radius 3 is 2.92 bits per heavy atom. The van der Waals surface area contributed by atoms with Gasteiger partial charge in [-0.3, -0.25) is 4.79 Å². The van der Waals surface area contributed by atoms with Gasteiger partial charge in [-0.25, -0.2) is 4.98 Å². The van der Waals surface area contributed by atoms with E-state index in [0.29, 0.717) is 12.3 Å². The first-order chi connectivity index (χ1) is 11.5. The fraction of sp³-hybridized carbons (Fsp3) is 0.444. The maximum Gasteiger partial charge on any atom is 0.186 e. The predicted octanol–water partition coefficient (Wildman–Crippen LogP) is 4.61. The van der Waals surface area contributed by atoms with Crippen molar-refractivity contribution in [1.29, 1.82) is 0 Å². The van der Waals surface area contributed by atoms with Crippen LogP contribution in [-0.4, -0.2) is 24.4 Å². The highest BCUT2D eigenvalue weighted by molar-refractivity contribution is 7.75. The minimum absolute atomic E-state index is 0.281. The first kappa shape index (κ1) is 17.5. The summed E-state index contributed by atoms with van der Waals surface area (Å²) in [6, 6.07) is 7.92. The summed E-state index contributed by atoms with van der Waals surface area (Å²) in [7, 11) is 0. The number of nitrogens with zero attached hydrogens (tertiary/aromatic N) is 2. The van der Waals surface area contributed by atoms with E-state index in [4.69, 9.17) is 4.18 Å². The average Bonchev–Trinajstić information content (AvgIpc) is 2.99. The fourth-order valence-electron chi connectivity index (χ4n) is 3.25. The van der Waals surface area contributed by atoms with Crippen molar-refractivity contribution in [3.8, 4) is 10.4 Å². The standard InChI is InChI=1S/C18H22N2O2S2/c1-18(2)8-5-9-20(12-18)17-19-15(10-21)16(24-17)14-7-4-3-6-13(14)11-22-23/h3-4,6-7,10,23H,5,8-9,11-12H2,1-2H3. The summed E-state index contributed by atoms with van der Waals surface area (Å²) in [5.41, 5.74) is 2.78. The number of thiazole rings is 1. The number of hydrogen-bond donors (Lipinski definition) is 1. The van der Waals surface area contributed by atoms with Crippen LogP contribution < -0.4 is 4.90 Å². The van der Waals surface area contributed by atoms with Crippen LogP contribution in [0.3, 0.4) is 0 Å². The van der Waals surface area contributed by atoms with Crippen molar-refractivity contribution in [2.24, 2.45) is 5.41 Å². The number of carbonyl (C=O) groups is 1. The maximum atomic E-state index is 11.6. The van der Waals surface area contributed by atoms with Crippen LogP contribution in [0.25, 0.3) is 10.4 Å². The number of benzene rings is 1. The number of piperidine rings is 1. The Bertz CT molecular complexity index is 728. The molecule has 2 aromatic rings. The molecule has 0 saturated carbocycles. The van der Waals surface area contributed by atoms with Crippen molar-refractivity contribution in [3.05, 3.63) is 35.5 Å². The summed E-state index contributed by atoms with van der Waals surface area (Å²) in [5, 5.41) is 0.932. The second-order valence-corrected chi connectivity index (χ2v) is 8.18. The minimum atomic E-state index is 0.281. The van der Waals surface area contributed by atoms with Gasteiger partial charge in [0.25, 0.3) is 0 Å². The van der Waals surface area contributed by atoms with Crippen LogP contribution >= 0.6 is 24.2 Å². The van der Waals surface area contributed by atoms with Gasteiger partial charge in [0.2, 0.25) is 0 Å². The van der Waals surface area contributed by atoms with Crippen molar-refractivity contribution in [3.63, 3.8) is 0 Å². The van der Waals surface area contributed by atoms with Crippen LogP contribution in [0.2, 0.25) is 0 Å². The second-order valence-electron chi connectivity index (χ2n) is 6.95. The van der Waals surface area contributed by atoms with Crippen LogP contribution in [0, 0.1) is 5.41 Å². The van der Waals surface area contributed by atoms with E-state index in [1.54, 1.807) is 11.3 Å². The van der Waals surface area contributed by atoms with Crippen molar-refractivity contribution in [2.75, 3.05) is 18.0 Å². The lowest BCUT2D eigenvalue weighted by atomic mass is 9.84. The smallest absolute Gasteiger partial charge is 0.186 e. The molecule has 1 fully saturated rings. The lowest BCUT2D eigenvalue weighted by Gasteiger charge is -2.37. The molecule has 128 valence electrons. The van der Waals surface area contributed by atoms with Gasteiger partial charge in [0, 0.05) is 13.1 Å². The Kier molecular flexibility index (Phi) is 5.27. The van der Waals surface area contributed by atoms with E-state index in [1.165, 1.54) is 6.42 Å². The van der Waals surface area contributed by atoms with Crippen molar-refractivity contribution in [1.82, 2.24) is 4.98 Å². The molecule has 1 saturated heterocycles. The van der Waals surface area contributed by atoms with Gasteiger partial charge in [-0.1, -0.05) is 49.4 Å². The number of anilines is 1. The Balaban J connectivity index is 1.98.